The molecule has 0 bridgehead atoms. The minimum Gasteiger partial charge on any atom is -0.480 e. The fourth-order valence-electron chi connectivity index (χ4n) is 0.990. The van der Waals surface area contributed by atoms with E-state index in [2.05, 4.69) is 0 Å². The highest BCUT2D eigenvalue weighted by atomic mass is 16.4. The van der Waals surface area contributed by atoms with Gasteiger partial charge in [-0.15, -0.1) is 0 Å². The largest absolute Gasteiger partial charge is 0.480 e. The van der Waals surface area contributed by atoms with Gasteiger partial charge in [-0.3, -0.25) is 4.79 Å². The molecule has 4 N–H and O–H groups in total. The molecule has 0 saturated heterocycles. The van der Waals surface area contributed by atoms with E-state index in [1.54, 1.807) is 6.92 Å². The number of carboxylic acid groups (broad SMARTS) is 1. The van der Waals surface area contributed by atoms with Gasteiger partial charge in [-0.05, 0) is 19.3 Å². The van der Waals surface area contributed by atoms with Crippen LogP contribution in [0.15, 0.2) is 12.2 Å². The Kier molecular flexibility index (Phi) is 5.34. The normalized spacial score (nSPS) is 18.5. The first-order valence-corrected chi connectivity index (χ1v) is 4.28. The highest BCUT2D eigenvalue weighted by Gasteiger charge is 2.26. The van der Waals surface area contributed by atoms with Crippen molar-refractivity contribution in [3.8, 4) is 0 Å². The second kappa shape index (κ2) is 5.72. The van der Waals surface area contributed by atoms with E-state index in [0.29, 0.717) is 6.42 Å². The molecule has 3 atom stereocenters. The van der Waals surface area contributed by atoms with Crippen LogP contribution in [0.4, 0.5) is 0 Å². The molecule has 13 heavy (non-hydrogen) atoms. The van der Waals surface area contributed by atoms with Crippen molar-refractivity contribution in [1.82, 2.24) is 0 Å². The Morgan fingerprint density at radius 2 is 2.15 bits per heavy atom. The first-order chi connectivity index (χ1) is 6.00. The highest BCUT2D eigenvalue weighted by Crippen LogP contribution is 2.11. The molecule has 0 unspecified atom stereocenters. The molecule has 4 heteroatoms. The fraction of sp³-hybridized carbons (Fsp3) is 0.667. The molecular weight excluding hydrogens is 170 g/mol. The number of aliphatic hydroxyl groups excluding tert-OH is 1. The van der Waals surface area contributed by atoms with Gasteiger partial charge in [0.1, 0.15) is 6.04 Å². The zero-order valence-electron chi connectivity index (χ0n) is 7.97. The molecule has 0 aliphatic heterocycles. The molecule has 0 aromatic heterocycles. The molecule has 0 aliphatic rings. The predicted octanol–water partition coefficient (Wildman–Crippen LogP) is 0.362. The Morgan fingerprint density at radius 1 is 1.62 bits per heavy atom. The van der Waals surface area contributed by atoms with Crippen LogP contribution in [0.5, 0.6) is 0 Å². The third-order valence-corrected chi connectivity index (χ3v) is 1.98. The van der Waals surface area contributed by atoms with E-state index < -0.39 is 18.1 Å². The van der Waals surface area contributed by atoms with Crippen molar-refractivity contribution in [3.05, 3.63) is 12.2 Å². The third-order valence-electron chi connectivity index (χ3n) is 1.98. The van der Waals surface area contributed by atoms with Crippen LogP contribution in [-0.2, 0) is 4.79 Å². The summed E-state index contributed by atoms with van der Waals surface area (Å²) in [6.07, 6.45) is 3.38. The molecule has 0 saturated carbocycles. The molecule has 0 aromatic carbocycles. The molecule has 4 nitrogen and oxygen atoms in total. The number of carbonyl (C=O) groups is 1. The molecule has 0 rings (SSSR count). The topological polar surface area (TPSA) is 83.5 Å². The fourth-order valence-corrected chi connectivity index (χ4v) is 0.990. The monoisotopic (exact) mass is 187 g/mol. The molecule has 0 fully saturated rings. The average molecular weight is 187 g/mol. The lowest BCUT2D eigenvalue weighted by atomic mass is 9.95. The van der Waals surface area contributed by atoms with Crippen molar-refractivity contribution in [3.63, 3.8) is 0 Å². The summed E-state index contributed by atoms with van der Waals surface area (Å²) >= 11 is 0. The van der Waals surface area contributed by atoms with Gasteiger partial charge < -0.3 is 15.9 Å². The number of allylic oxidation sites excluding steroid dienone is 2. The Balaban J connectivity index is 4.08. The molecule has 76 valence electrons. The van der Waals surface area contributed by atoms with E-state index in [9.17, 15) is 9.90 Å². The van der Waals surface area contributed by atoms with Crippen LogP contribution >= 0.6 is 0 Å². The van der Waals surface area contributed by atoms with Crippen LogP contribution in [-0.4, -0.2) is 28.3 Å². The van der Waals surface area contributed by atoms with E-state index >= 15 is 0 Å². The van der Waals surface area contributed by atoms with Crippen LogP contribution < -0.4 is 5.73 Å². The summed E-state index contributed by atoms with van der Waals surface area (Å²) in [6, 6.07) is -1.19. The van der Waals surface area contributed by atoms with Crippen LogP contribution in [0, 0.1) is 5.92 Å². The van der Waals surface area contributed by atoms with Gasteiger partial charge in [-0.2, -0.15) is 0 Å². The number of carboxylic acids is 1. The van der Waals surface area contributed by atoms with E-state index in [4.69, 9.17) is 10.8 Å². The number of hydrogen-bond acceptors (Lipinski definition) is 3. The van der Waals surface area contributed by atoms with E-state index in [1.807, 2.05) is 19.1 Å². The van der Waals surface area contributed by atoms with Gasteiger partial charge in [-0.25, -0.2) is 0 Å². The van der Waals surface area contributed by atoms with Crippen molar-refractivity contribution in [2.24, 2.45) is 11.7 Å². The van der Waals surface area contributed by atoms with Crippen molar-refractivity contribution >= 4 is 5.97 Å². The lowest BCUT2D eigenvalue weighted by Crippen LogP contribution is -2.45. The number of aliphatic hydroxyl groups is 1. The minimum atomic E-state index is -1.19. The third kappa shape index (κ3) is 4.05. The Labute approximate surface area is 78.1 Å². The van der Waals surface area contributed by atoms with Crippen molar-refractivity contribution in [1.29, 1.82) is 0 Å². The van der Waals surface area contributed by atoms with E-state index in [1.165, 1.54) is 0 Å². The summed E-state index contributed by atoms with van der Waals surface area (Å²) in [4.78, 5) is 10.4. The number of aliphatic carboxylic acids is 1. The predicted molar refractivity (Wildman–Crippen MR) is 50.2 cm³/mol. The lowest BCUT2D eigenvalue weighted by Gasteiger charge is -2.20. The minimum absolute atomic E-state index is 0.137. The second-order valence-electron chi connectivity index (χ2n) is 3.14. The summed E-state index contributed by atoms with van der Waals surface area (Å²) in [7, 11) is 0. The maximum atomic E-state index is 10.4. The summed E-state index contributed by atoms with van der Waals surface area (Å²) in [5.74, 6) is -1.30. The van der Waals surface area contributed by atoms with Crippen LogP contribution in [0.3, 0.4) is 0 Å². The first kappa shape index (κ1) is 12.1. The maximum absolute atomic E-state index is 10.4. The Hall–Kier alpha value is -0.870. The molecule has 0 spiro atoms. The first-order valence-electron chi connectivity index (χ1n) is 4.28. The van der Waals surface area contributed by atoms with Crippen LogP contribution in [0.1, 0.15) is 20.3 Å². The van der Waals surface area contributed by atoms with Gasteiger partial charge in [-0.1, -0.05) is 19.1 Å². The molecular formula is C9H17NO3. The molecule has 0 radical (unpaired) electrons. The van der Waals surface area contributed by atoms with Crippen molar-refractivity contribution in [2.75, 3.05) is 0 Å². The number of rotatable bonds is 5. The van der Waals surface area contributed by atoms with Crippen molar-refractivity contribution < 1.29 is 15.0 Å². The molecule has 0 amide bonds. The van der Waals surface area contributed by atoms with Gasteiger partial charge in [0.2, 0.25) is 0 Å². The molecule has 0 aliphatic carbocycles. The van der Waals surface area contributed by atoms with Crippen molar-refractivity contribution in [2.45, 2.75) is 32.4 Å². The average Bonchev–Trinajstić information content (AvgIpc) is 2.11. The summed E-state index contributed by atoms with van der Waals surface area (Å²) in [5, 5.41) is 18.0. The second-order valence-corrected chi connectivity index (χ2v) is 3.14. The quantitative estimate of drug-likeness (QED) is 0.543. The number of hydrogen-bond donors (Lipinski definition) is 3. The van der Waals surface area contributed by atoms with E-state index in [-0.39, 0.29) is 5.92 Å². The SMILES string of the molecule is CC=CC[C@H](C)[C@H](O)[C@@H](N)C(=O)O. The number of nitrogens with two attached hydrogens (primary N) is 1. The van der Waals surface area contributed by atoms with Gasteiger partial charge >= 0.3 is 5.97 Å². The zero-order valence-corrected chi connectivity index (χ0v) is 7.97. The summed E-state index contributed by atoms with van der Waals surface area (Å²) in [5.41, 5.74) is 5.26. The highest BCUT2D eigenvalue weighted by molar-refractivity contribution is 5.73. The Bertz CT molecular complexity index is 191. The molecule has 0 heterocycles. The van der Waals surface area contributed by atoms with Gasteiger partial charge in [0, 0.05) is 0 Å². The van der Waals surface area contributed by atoms with Gasteiger partial charge in [0.15, 0.2) is 0 Å². The van der Waals surface area contributed by atoms with Gasteiger partial charge in [0.05, 0.1) is 6.10 Å². The van der Waals surface area contributed by atoms with E-state index in [0.717, 1.165) is 0 Å². The smallest absolute Gasteiger partial charge is 0.323 e. The maximum Gasteiger partial charge on any atom is 0.323 e. The van der Waals surface area contributed by atoms with Gasteiger partial charge in [0.25, 0.3) is 0 Å². The van der Waals surface area contributed by atoms with Crippen LogP contribution in [0.2, 0.25) is 0 Å². The standard InChI is InChI=1S/C9H17NO3/c1-3-4-5-6(2)8(11)7(10)9(12)13/h3-4,6-8,11H,5,10H2,1-2H3,(H,12,13)/t6-,7+,8-/m0/s1. The molecule has 0 aromatic rings. The summed E-state index contributed by atoms with van der Waals surface area (Å²) < 4.78 is 0. The lowest BCUT2D eigenvalue weighted by molar-refractivity contribution is -0.142. The zero-order chi connectivity index (χ0) is 10.4. The Morgan fingerprint density at radius 3 is 2.54 bits per heavy atom. The van der Waals surface area contributed by atoms with Crippen LogP contribution in [0.25, 0.3) is 0 Å². The summed E-state index contributed by atoms with van der Waals surface area (Å²) in [6.45, 7) is 3.64.